The molecule has 0 radical (unpaired) electrons. The van der Waals surface area contributed by atoms with Crippen LogP contribution in [0.4, 0.5) is 0 Å². The molecule has 0 rings (SSSR count). The minimum atomic E-state index is -1.45. The summed E-state index contributed by atoms with van der Waals surface area (Å²) < 4.78 is 41.3. The molecule has 69 heavy (non-hydrogen) atoms. The second-order valence-corrected chi connectivity index (χ2v) is 21.5. The van der Waals surface area contributed by atoms with Gasteiger partial charge in [-0.1, -0.05) is 118 Å². The lowest BCUT2D eigenvalue weighted by Crippen LogP contribution is -2.38. The van der Waals surface area contributed by atoms with E-state index in [1.165, 1.54) is 31.7 Å². The lowest BCUT2D eigenvalue weighted by Gasteiger charge is -2.30. The molecule has 0 saturated heterocycles. The van der Waals surface area contributed by atoms with Crippen LogP contribution in [0.2, 0.25) is 19.1 Å². The minimum Gasteiger partial charge on any atom is -0.466 e. The number of ether oxygens (including phenoxy) is 7. The van der Waals surface area contributed by atoms with Gasteiger partial charge in [0.2, 0.25) is 0 Å². The first-order chi connectivity index (χ1) is 33.0. The quantitative estimate of drug-likeness (QED) is 0.0184. The van der Waals surface area contributed by atoms with E-state index < -0.39 is 37.6 Å². The van der Waals surface area contributed by atoms with Crippen LogP contribution in [0, 0.1) is 5.41 Å². The molecule has 0 fully saturated rings. The molecule has 0 atom stereocenters. The molecule has 0 heterocycles. The Morgan fingerprint density at radius 3 is 1.07 bits per heavy atom. The number of rotatable bonds is 42. The van der Waals surface area contributed by atoms with E-state index in [-0.39, 0.29) is 37.7 Å². The summed E-state index contributed by atoms with van der Waals surface area (Å²) in [5.74, 6) is -2.56. The van der Waals surface area contributed by atoms with Gasteiger partial charge in [-0.05, 0) is 77.4 Å². The van der Waals surface area contributed by atoms with Crippen LogP contribution < -0.4 is 0 Å². The monoisotopic (exact) mass is 997 g/mol. The maximum Gasteiger partial charge on any atom is 0.330 e. The van der Waals surface area contributed by atoms with E-state index in [0.29, 0.717) is 77.8 Å². The average Bonchev–Trinajstić information content (AvgIpc) is 3.34. The van der Waals surface area contributed by atoms with E-state index in [4.69, 9.17) is 37.6 Å². The Bertz CT molecular complexity index is 1400. The number of hydrogen-bond acceptors (Lipinski definition) is 15. The van der Waals surface area contributed by atoms with Crippen LogP contribution in [0.5, 0.6) is 0 Å². The van der Waals surface area contributed by atoms with Crippen molar-refractivity contribution in [3.8, 4) is 0 Å². The second-order valence-electron chi connectivity index (χ2n) is 17.2. The highest BCUT2D eigenvalue weighted by molar-refractivity contribution is 6.71. The van der Waals surface area contributed by atoms with Crippen molar-refractivity contribution in [2.45, 2.75) is 188 Å². The first-order valence-corrected chi connectivity index (χ1v) is 28.4. The molecule has 16 heteroatoms. The summed E-state index contributed by atoms with van der Waals surface area (Å²) >= 11 is 0. The van der Waals surface area contributed by atoms with Crippen molar-refractivity contribution < 1.29 is 71.1 Å². The highest BCUT2D eigenvalue weighted by atomic mass is 28.4. The zero-order chi connectivity index (χ0) is 52.4. The lowest BCUT2D eigenvalue weighted by molar-refractivity contribution is -0.159. The Morgan fingerprint density at radius 2 is 0.725 bits per heavy atom. The summed E-state index contributed by atoms with van der Waals surface area (Å²) in [6.07, 6.45) is 24.1. The maximum absolute atomic E-state index is 12.0. The predicted octanol–water partition coefficient (Wildman–Crippen LogP) is 11.4. The van der Waals surface area contributed by atoms with Gasteiger partial charge in [0, 0.05) is 50.2 Å². The Labute approximate surface area is 417 Å². The third-order valence-corrected chi connectivity index (χ3v) is 13.1. The number of carbonyl (C=O) groups is 7. The second kappa shape index (κ2) is 48.4. The number of esters is 7. The summed E-state index contributed by atoms with van der Waals surface area (Å²) in [5, 5.41) is 0. The average molecular weight is 997 g/mol. The zero-order valence-corrected chi connectivity index (χ0v) is 44.7. The molecule has 0 aliphatic rings. The third-order valence-electron chi connectivity index (χ3n) is 10.5. The standard InChI is InChI=1S/C20H32O6.C18H34O5Si.C15H26O4/c1-5-9-10-11-12-13-19(23)26-16-20(8-4,14-24-17(21)6-2)15-25-18(22)7-3;1-5-17(19)21-14-10-11-15-22-18(20)13-9-7-8-12-16-24(3,4)23-6-2;1-3-5-6-7-8-11-15(17)19-13-10-9-12-18-14(16)4-2/h6-7H,2-3,5,8-16H2,1,4H3;5H,1,6-16H2,2-4H3;4H,2-3,5-13H2,1H3. The number of hydrogen-bond donors (Lipinski definition) is 0. The van der Waals surface area contributed by atoms with Gasteiger partial charge >= 0.3 is 41.8 Å². The van der Waals surface area contributed by atoms with Crippen LogP contribution in [0.1, 0.15) is 169 Å². The molecule has 0 aromatic heterocycles. The zero-order valence-electron chi connectivity index (χ0n) is 43.7. The van der Waals surface area contributed by atoms with Gasteiger partial charge in [0.05, 0.1) is 31.8 Å². The molecule has 0 aromatic carbocycles. The summed E-state index contributed by atoms with van der Waals surface area (Å²) in [7, 11) is -1.45. The van der Waals surface area contributed by atoms with Gasteiger partial charge in [-0.25, -0.2) is 19.2 Å². The fraction of sp³-hybridized carbons (Fsp3) is 0.717. The molecule has 0 saturated carbocycles. The van der Waals surface area contributed by atoms with Gasteiger partial charge in [0.15, 0.2) is 8.32 Å². The molecule has 0 spiro atoms. The molecule has 0 bridgehead atoms. The van der Waals surface area contributed by atoms with Crippen LogP contribution in [0.3, 0.4) is 0 Å². The smallest absolute Gasteiger partial charge is 0.330 e. The molecule has 0 unspecified atom stereocenters. The molecule has 0 amide bonds. The van der Waals surface area contributed by atoms with Crippen molar-refractivity contribution in [2.24, 2.45) is 5.41 Å². The first kappa shape index (κ1) is 68.7. The Kier molecular flexibility index (Phi) is 48.2. The molecular weight excluding hydrogens is 905 g/mol. The molecule has 0 aromatic rings. The molecule has 0 aliphatic heterocycles. The minimum absolute atomic E-state index is 0.00609. The first-order valence-electron chi connectivity index (χ1n) is 25.3. The summed E-state index contributed by atoms with van der Waals surface area (Å²) in [5.41, 5.74) is -0.796. The van der Waals surface area contributed by atoms with E-state index in [1.807, 2.05) is 13.8 Å². The highest BCUT2D eigenvalue weighted by Gasteiger charge is 2.34. The number of unbranched alkanes of at least 4 members (excludes halogenated alkanes) is 13. The van der Waals surface area contributed by atoms with Crippen molar-refractivity contribution in [1.82, 2.24) is 0 Å². The topological polar surface area (TPSA) is 193 Å². The van der Waals surface area contributed by atoms with E-state index >= 15 is 0 Å². The van der Waals surface area contributed by atoms with Crippen LogP contribution in [-0.2, 0) is 71.1 Å². The summed E-state index contributed by atoms with van der Waals surface area (Å²) in [4.78, 5) is 79.1. The molecule has 0 N–H and O–H groups in total. The largest absolute Gasteiger partial charge is 0.466 e. The van der Waals surface area contributed by atoms with Gasteiger partial charge < -0.3 is 37.6 Å². The highest BCUT2D eigenvalue weighted by Crippen LogP contribution is 2.25. The SMILES string of the molecule is C=CC(=O)OCC(CC)(COC(=O)C=C)COC(=O)CCCCCCC.C=CC(=O)OCCCCOC(=O)CCCCCCC.C=CC(=O)OCCCCOC(=O)CCCCCC[Si](C)(C)OCC. The van der Waals surface area contributed by atoms with Gasteiger partial charge in [-0.2, -0.15) is 0 Å². The van der Waals surface area contributed by atoms with Gasteiger partial charge in [-0.15, -0.1) is 0 Å². The molecule has 15 nitrogen and oxygen atoms in total. The molecule has 0 aliphatic carbocycles. The molecular formula is C53H92O15Si. The van der Waals surface area contributed by atoms with Crippen LogP contribution in [0.25, 0.3) is 0 Å². The Balaban J connectivity index is -0.000000959. The van der Waals surface area contributed by atoms with Crippen molar-refractivity contribution in [1.29, 1.82) is 0 Å². The Morgan fingerprint density at radius 1 is 0.406 bits per heavy atom. The normalized spacial score (nSPS) is 10.6. The van der Waals surface area contributed by atoms with Crippen LogP contribution in [-0.4, -0.2) is 103 Å². The van der Waals surface area contributed by atoms with E-state index in [9.17, 15) is 33.6 Å². The fourth-order valence-electron chi connectivity index (χ4n) is 6.07. The van der Waals surface area contributed by atoms with Crippen LogP contribution in [0.15, 0.2) is 50.6 Å². The summed E-state index contributed by atoms with van der Waals surface area (Å²) in [6, 6.07) is 1.18. The van der Waals surface area contributed by atoms with Crippen molar-refractivity contribution >= 4 is 50.1 Å². The van der Waals surface area contributed by atoms with E-state index in [0.717, 1.165) is 95.1 Å². The van der Waals surface area contributed by atoms with Gasteiger partial charge in [-0.3, -0.25) is 14.4 Å². The van der Waals surface area contributed by atoms with E-state index in [1.54, 1.807) is 0 Å². The van der Waals surface area contributed by atoms with Crippen molar-refractivity contribution in [2.75, 3.05) is 52.9 Å². The number of carbonyl (C=O) groups excluding carboxylic acids is 7. The van der Waals surface area contributed by atoms with Crippen molar-refractivity contribution in [3.05, 3.63) is 50.6 Å². The Hall–Kier alpha value is -4.57. The molecule has 398 valence electrons. The van der Waals surface area contributed by atoms with Gasteiger partial charge in [0.1, 0.15) is 19.8 Å². The summed E-state index contributed by atoms with van der Waals surface area (Å²) in [6.45, 7) is 28.2. The van der Waals surface area contributed by atoms with Crippen LogP contribution >= 0.6 is 0 Å². The van der Waals surface area contributed by atoms with Crippen molar-refractivity contribution in [3.63, 3.8) is 0 Å². The maximum atomic E-state index is 12.0. The van der Waals surface area contributed by atoms with E-state index in [2.05, 4.69) is 53.3 Å². The predicted molar refractivity (Wildman–Crippen MR) is 272 cm³/mol. The third kappa shape index (κ3) is 48.3. The fourth-order valence-corrected chi connectivity index (χ4v) is 8.10. The van der Waals surface area contributed by atoms with Gasteiger partial charge in [0.25, 0.3) is 0 Å². The lowest BCUT2D eigenvalue weighted by atomic mass is 9.88.